The first kappa shape index (κ1) is 13.1. The minimum absolute atomic E-state index is 0.0222. The van der Waals surface area contributed by atoms with E-state index >= 15 is 0 Å². The van der Waals surface area contributed by atoms with Gasteiger partial charge in [0.05, 0.1) is 10.0 Å². The van der Waals surface area contributed by atoms with Crippen LogP contribution in [0.25, 0.3) is 0 Å². The molecule has 0 saturated heterocycles. The maximum atomic E-state index is 13.8. The van der Waals surface area contributed by atoms with Crippen molar-refractivity contribution in [2.75, 3.05) is 5.73 Å². The van der Waals surface area contributed by atoms with Crippen LogP contribution in [0, 0.1) is 5.82 Å². The molecule has 0 aliphatic rings. The molecular formula is C13H8BrClFNO. The van der Waals surface area contributed by atoms with E-state index in [2.05, 4.69) is 15.9 Å². The number of anilines is 1. The lowest BCUT2D eigenvalue weighted by Crippen LogP contribution is -2.05. The highest BCUT2D eigenvalue weighted by molar-refractivity contribution is 9.10. The molecule has 2 nitrogen and oxygen atoms in total. The molecule has 0 unspecified atom stereocenters. The summed E-state index contributed by atoms with van der Waals surface area (Å²) in [6.07, 6.45) is 0. The Balaban J connectivity index is 2.51. The predicted molar refractivity (Wildman–Crippen MR) is 73.4 cm³/mol. The minimum atomic E-state index is -0.596. The number of nitrogen functional groups attached to an aromatic ring is 1. The van der Waals surface area contributed by atoms with Gasteiger partial charge in [-0.1, -0.05) is 17.7 Å². The van der Waals surface area contributed by atoms with Crippen LogP contribution in [-0.4, -0.2) is 5.78 Å². The number of benzene rings is 2. The second-order valence-electron chi connectivity index (χ2n) is 3.70. The topological polar surface area (TPSA) is 43.1 Å². The van der Waals surface area contributed by atoms with Gasteiger partial charge in [0.15, 0.2) is 5.78 Å². The zero-order valence-corrected chi connectivity index (χ0v) is 11.4. The van der Waals surface area contributed by atoms with Crippen molar-refractivity contribution in [1.29, 1.82) is 0 Å². The number of nitrogens with two attached hydrogens (primary N) is 1. The summed E-state index contributed by atoms with van der Waals surface area (Å²) in [5, 5.41) is 0.341. The first-order valence-electron chi connectivity index (χ1n) is 5.04. The number of carbonyl (C=O) groups is 1. The van der Waals surface area contributed by atoms with E-state index in [0.29, 0.717) is 10.7 Å². The maximum absolute atomic E-state index is 13.8. The van der Waals surface area contributed by atoms with Crippen LogP contribution in [0.5, 0.6) is 0 Å². The van der Waals surface area contributed by atoms with Crippen molar-refractivity contribution >= 4 is 39.0 Å². The molecule has 18 heavy (non-hydrogen) atoms. The van der Waals surface area contributed by atoms with E-state index in [9.17, 15) is 9.18 Å². The third-order valence-electron chi connectivity index (χ3n) is 2.38. The monoisotopic (exact) mass is 327 g/mol. The Morgan fingerprint density at radius 1 is 1.28 bits per heavy atom. The van der Waals surface area contributed by atoms with E-state index in [-0.39, 0.29) is 15.6 Å². The maximum Gasteiger partial charge on any atom is 0.196 e. The number of rotatable bonds is 2. The van der Waals surface area contributed by atoms with E-state index in [1.54, 1.807) is 6.07 Å². The summed E-state index contributed by atoms with van der Waals surface area (Å²) >= 11 is 8.86. The Morgan fingerprint density at radius 2 is 2.00 bits per heavy atom. The lowest BCUT2D eigenvalue weighted by molar-refractivity contribution is 0.103. The largest absolute Gasteiger partial charge is 0.399 e. The molecule has 0 aromatic heterocycles. The van der Waals surface area contributed by atoms with Crippen molar-refractivity contribution in [1.82, 2.24) is 0 Å². The number of ketones is 1. The standard InChI is InChI=1S/C13H8BrClFNO/c14-11-3-1-2-10(12(11)16)13(18)7-4-8(15)6-9(17)5-7/h1-6H,17H2. The van der Waals surface area contributed by atoms with Crippen LogP contribution in [0.3, 0.4) is 0 Å². The van der Waals surface area contributed by atoms with Gasteiger partial charge in [0.2, 0.25) is 0 Å². The van der Waals surface area contributed by atoms with Crippen molar-refractivity contribution in [3.8, 4) is 0 Å². The first-order valence-corrected chi connectivity index (χ1v) is 6.21. The van der Waals surface area contributed by atoms with E-state index in [4.69, 9.17) is 17.3 Å². The molecule has 2 aromatic carbocycles. The predicted octanol–water partition coefficient (Wildman–Crippen LogP) is 4.05. The molecule has 0 spiro atoms. The molecule has 2 N–H and O–H groups in total. The van der Waals surface area contributed by atoms with E-state index in [0.717, 1.165) is 0 Å². The summed E-state index contributed by atoms with van der Waals surface area (Å²) in [5.74, 6) is -1.05. The molecule has 0 atom stereocenters. The molecule has 2 aromatic rings. The Bertz CT molecular complexity index is 610. The zero-order chi connectivity index (χ0) is 13.3. The van der Waals surface area contributed by atoms with Crippen LogP contribution in [-0.2, 0) is 0 Å². The minimum Gasteiger partial charge on any atom is -0.399 e. The highest BCUT2D eigenvalue weighted by atomic mass is 79.9. The van der Waals surface area contributed by atoms with Crippen molar-refractivity contribution in [3.05, 3.63) is 62.8 Å². The highest BCUT2D eigenvalue weighted by Crippen LogP contribution is 2.23. The molecule has 0 aliphatic carbocycles. The van der Waals surface area contributed by atoms with E-state index < -0.39 is 11.6 Å². The second-order valence-corrected chi connectivity index (χ2v) is 4.99. The lowest BCUT2D eigenvalue weighted by atomic mass is 10.0. The quantitative estimate of drug-likeness (QED) is 0.667. The summed E-state index contributed by atoms with van der Waals surface area (Å²) in [6.45, 7) is 0. The number of hydrogen-bond donors (Lipinski definition) is 1. The summed E-state index contributed by atoms with van der Waals surface area (Å²) < 4.78 is 14.0. The normalized spacial score (nSPS) is 10.4. The third-order valence-corrected chi connectivity index (χ3v) is 3.21. The number of carbonyl (C=O) groups excluding carboxylic acids is 1. The highest BCUT2D eigenvalue weighted by Gasteiger charge is 2.16. The molecule has 0 saturated carbocycles. The summed E-state index contributed by atoms with van der Waals surface area (Å²) in [5.41, 5.74) is 6.20. The van der Waals surface area contributed by atoms with Gasteiger partial charge in [-0.2, -0.15) is 0 Å². The molecular weight excluding hydrogens is 321 g/mol. The van der Waals surface area contributed by atoms with Crippen molar-refractivity contribution < 1.29 is 9.18 Å². The second kappa shape index (κ2) is 5.08. The number of hydrogen-bond acceptors (Lipinski definition) is 2. The van der Waals surface area contributed by atoms with Crippen LogP contribution in [0.2, 0.25) is 5.02 Å². The number of halogens is 3. The summed E-state index contributed by atoms with van der Waals surface area (Å²) in [7, 11) is 0. The molecule has 0 radical (unpaired) electrons. The molecule has 0 amide bonds. The summed E-state index contributed by atoms with van der Waals surface area (Å²) in [4.78, 5) is 12.1. The Kier molecular flexibility index (Phi) is 3.68. The SMILES string of the molecule is Nc1cc(Cl)cc(C(=O)c2cccc(Br)c2F)c1. The van der Waals surface area contributed by atoms with E-state index in [1.165, 1.54) is 30.3 Å². The Hall–Kier alpha value is -1.39. The van der Waals surface area contributed by atoms with Gasteiger partial charge in [-0.3, -0.25) is 4.79 Å². The molecule has 0 aliphatic heterocycles. The van der Waals surface area contributed by atoms with Gasteiger partial charge < -0.3 is 5.73 Å². The van der Waals surface area contributed by atoms with Gasteiger partial charge in [0.1, 0.15) is 5.82 Å². The van der Waals surface area contributed by atoms with Gasteiger partial charge in [0, 0.05) is 16.3 Å². The van der Waals surface area contributed by atoms with Gasteiger partial charge in [-0.05, 0) is 46.3 Å². The molecule has 5 heteroatoms. The van der Waals surface area contributed by atoms with Gasteiger partial charge in [-0.15, -0.1) is 0 Å². The van der Waals surface area contributed by atoms with Crippen LogP contribution in [0.15, 0.2) is 40.9 Å². The fraction of sp³-hybridized carbons (Fsp3) is 0. The van der Waals surface area contributed by atoms with Gasteiger partial charge in [-0.25, -0.2) is 4.39 Å². The van der Waals surface area contributed by atoms with Gasteiger partial charge >= 0.3 is 0 Å². The van der Waals surface area contributed by atoms with Gasteiger partial charge in [0.25, 0.3) is 0 Å². The fourth-order valence-corrected chi connectivity index (χ4v) is 2.19. The molecule has 0 fully saturated rings. The average Bonchev–Trinajstić information content (AvgIpc) is 2.30. The Labute approximate surface area is 117 Å². The van der Waals surface area contributed by atoms with Crippen LogP contribution in [0.4, 0.5) is 10.1 Å². The Morgan fingerprint density at radius 3 is 2.67 bits per heavy atom. The summed E-state index contributed by atoms with van der Waals surface area (Å²) in [6, 6.07) is 8.98. The molecule has 2 rings (SSSR count). The molecule has 0 heterocycles. The average molecular weight is 329 g/mol. The van der Waals surface area contributed by atoms with Crippen LogP contribution < -0.4 is 5.73 Å². The van der Waals surface area contributed by atoms with E-state index in [1.807, 2.05) is 0 Å². The molecule has 92 valence electrons. The molecule has 0 bridgehead atoms. The van der Waals surface area contributed by atoms with Crippen LogP contribution >= 0.6 is 27.5 Å². The van der Waals surface area contributed by atoms with Crippen LogP contribution in [0.1, 0.15) is 15.9 Å². The third kappa shape index (κ3) is 2.54. The smallest absolute Gasteiger partial charge is 0.196 e. The zero-order valence-electron chi connectivity index (χ0n) is 9.08. The van der Waals surface area contributed by atoms with Crippen molar-refractivity contribution in [2.24, 2.45) is 0 Å². The van der Waals surface area contributed by atoms with Crippen molar-refractivity contribution in [2.45, 2.75) is 0 Å². The fourth-order valence-electron chi connectivity index (χ4n) is 1.58. The lowest BCUT2D eigenvalue weighted by Gasteiger charge is -2.05. The van der Waals surface area contributed by atoms with Crippen molar-refractivity contribution in [3.63, 3.8) is 0 Å². The first-order chi connectivity index (χ1) is 8.49.